The zero-order valence-corrected chi connectivity index (χ0v) is 12.1. The van der Waals surface area contributed by atoms with E-state index in [-0.39, 0.29) is 5.92 Å². The van der Waals surface area contributed by atoms with Gasteiger partial charge in [0.2, 0.25) is 5.91 Å². The fraction of sp³-hybridized carbons (Fsp3) is 0.389. The second-order valence-electron chi connectivity index (χ2n) is 6.09. The Hall–Kier alpha value is -1.87. The first-order valence-electron chi connectivity index (χ1n) is 7.82. The minimum absolute atomic E-state index is 0.203. The number of piperazine rings is 1. The Labute approximate surface area is 124 Å². The van der Waals surface area contributed by atoms with E-state index in [1.807, 2.05) is 4.90 Å². The van der Waals surface area contributed by atoms with E-state index in [0.29, 0.717) is 11.8 Å². The molecule has 0 aromatic heterocycles. The van der Waals surface area contributed by atoms with Crippen LogP contribution in [-0.2, 0) is 4.79 Å². The maximum atomic E-state index is 12.6. The summed E-state index contributed by atoms with van der Waals surface area (Å²) in [6, 6.07) is 14.9. The Morgan fingerprint density at radius 2 is 1.81 bits per heavy atom. The van der Waals surface area contributed by atoms with E-state index in [0.717, 1.165) is 32.6 Å². The molecule has 1 heterocycles. The van der Waals surface area contributed by atoms with Crippen molar-refractivity contribution in [3.63, 3.8) is 0 Å². The summed E-state index contributed by atoms with van der Waals surface area (Å²) in [5.74, 6) is 0.974. The van der Waals surface area contributed by atoms with Gasteiger partial charge in [-0.3, -0.25) is 4.79 Å². The van der Waals surface area contributed by atoms with Gasteiger partial charge in [0.1, 0.15) is 0 Å². The van der Waals surface area contributed by atoms with Crippen molar-refractivity contribution < 1.29 is 4.79 Å². The van der Waals surface area contributed by atoms with Crippen LogP contribution < -0.4 is 5.32 Å². The fourth-order valence-electron chi connectivity index (χ4n) is 3.51. The van der Waals surface area contributed by atoms with E-state index >= 15 is 0 Å². The molecule has 1 N–H and O–H groups in total. The Morgan fingerprint density at radius 3 is 2.67 bits per heavy atom. The summed E-state index contributed by atoms with van der Waals surface area (Å²) in [7, 11) is 0. The zero-order valence-electron chi connectivity index (χ0n) is 12.1. The number of carbonyl (C=O) groups is 1. The topological polar surface area (TPSA) is 32.3 Å². The molecule has 1 saturated carbocycles. The Morgan fingerprint density at radius 1 is 1.05 bits per heavy atom. The number of carbonyl (C=O) groups excluding carboxylic acids is 1. The van der Waals surface area contributed by atoms with Gasteiger partial charge in [-0.25, -0.2) is 0 Å². The largest absolute Gasteiger partial charge is 0.340 e. The lowest BCUT2D eigenvalue weighted by atomic mass is 10.00. The van der Waals surface area contributed by atoms with Gasteiger partial charge in [-0.05, 0) is 28.7 Å². The average molecular weight is 280 g/mol. The number of nitrogens with zero attached hydrogens (tertiary/aromatic N) is 1. The van der Waals surface area contributed by atoms with Crippen LogP contribution in [0, 0.1) is 5.92 Å². The number of hydrogen-bond donors (Lipinski definition) is 1. The van der Waals surface area contributed by atoms with E-state index in [9.17, 15) is 4.79 Å². The van der Waals surface area contributed by atoms with Crippen LogP contribution in [0.25, 0.3) is 10.8 Å². The summed E-state index contributed by atoms with van der Waals surface area (Å²) >= 11 is 0. The van der Waals surface area contributed by atoms with Crippen LogP contribution in [0.3, 0.4) is 0 Å². The highest BCUT2D eigenvalue weighted by Crippen LogP contribution is 2.50. The van der Waals surface area contributed by atoms with Gasteiger partial charge in [0.05, 0.1) is 0 Å². The molecule has 3 heteroatoms. The Bertz CT molecular complexity index is 670. The van der Waals surface area contributed by atoms with Gasteiger partial charge < -0.3 is 10.2 Å². The van der Waals surface area contributed by atoms with Gasteiger partial charge in [-0.15, -0.1) is 0 Å². The molecule has 4 rings (SSSR count). The first kappa shape index (κ1) is 12.8. The molecule has 0 bridgehead atoms. The number of fused-ring (bicyclic) bond motifs is 1. The molecule has 2 aromatic rings. The highest BCUT2D eigenvalue weighted by Gasteiger charge is 2.46. The fourth-order valence-corrected chi connectivity index (χ4v) is 3.51. The van der Waals surface area contributed by atoms with Crippen LogP contribution >= 0.6 is 0 Å². The highest BCUT2D eigenvalue weighted by atomic mass is 16.2. The first-order valence-corrected chi connectivity index (χ1v) is 7.82. The van der Waals surface area contributed by atoms with Gasteiger partial charge in [-0.2, -0.15) is 0 Å². The van der Waals surface area contributed by atoms with Crippen molar-refractivity contribution in [1.82, 2.24) is 10.2 Å². The van der Waals surface area contributed by atoms with Gasteiger partial charge in [0, 0.05) is 32.1 Å². The summed E-state index contributed by atoms with van der Waals surface area (Å²) < 4.78 is 0. The summed E-state index contributed by atoms with van der Waals surface area (Å²) in [6.45, 7) is 3.57. The van der Waals surface area contributed by atoms with Crippen molar-refractivity contribution in [3.05, 3.63) is 48.0 Å². The third kappa shape index (κ3) is 2.32. The molecule has 1 aliphatic carbocycles. The molecule has 21 heavy (non-hydrogen) atoms. The van der Waals surface area contributed by atoms with E-state index in [1.165, 1.54) is 16.3 Å². The van der Waals surface area contributed by atoms with Crippen LogP contribution in [0.4, 0.5) is 0 Å². The normalized spacial score (nSPS) is 25.0. The SMILES string of the molecule is O=C(C1CC1c1cccc2ccccc12)N1CCNCC1. The van der Waals surface area contributed by atoms with E-state index in [2.05, 4.69) is 47.8 Å². The minimum atomic E-state index is 0.203. The maximum absolute atomic E-state index is 12.6. The lowest BCUT2D eigenvalue weighted by Crippen LogP contribution is -2.47. The lowest BCUT2D eigenvalue weighted by Gasteiger charge is -2.27. The predicted molar refractivity (Wildman–Crippen MR) is 84.2 cm³/mol. The van der Waals surface area contributed by atoms with Crippen molar-refractivity contribution in [1.29, 1.82) is 0 Å². The third-order valence-corrected chi connectivity index (χ3v) is 4.76. The molecular formula is C18H20N2O. The number of amides is 1. The first-order chi connectivity index (χ1) is 10.3. The summed E-state index contributed by atoms with van der Waals surface area (Å²) in [6.07, 6.45) is 1.01. The van der Waals surface area contributed by atoms with Crippen molar-refractivity contribution >= 4 is 16.7 Å². The second-order valence-corrected chi connectivity index (χ2v) is 6.09. The number of hydrogen-bond acceptors (Lipinski definition) is 2. The van der Waals surface area contributed by atoms with Crippen LogP contribution in [0.5, 0.6) is 0 Å². The smallest absolute Gasteiger partial charge is 0.226 e. The molecule has 0 radical (unpaired) electrons. The molecule has 1 amide bonds. The lowest BCUT2D eigenvalue weighted by molar-refractivity contribution is -0.133. The van der Waals surface area contributed by atoms with Crippen molar-refractivity contribution in [3.8, 4) is 0 Å². The van der Waals surface area contributed by atoms with Crippen LogP contribution in [0.15, 0.2) is 42.5 Å². The van der Waals surface area contributed by atoms with Crippen molar-refractivity contribution in [2.45, 2.75) is 12.3 Å². The van der Waals surface area contributed by atoms with E-state index in [4.69, 9.17) is 0 Å². The number of nitrogens with one attached hydrogen (secondary N) is 1. The molecular weight excluding hydrogens is 260 g/mol. The number of benzene rings is 2. The maximum Gasteiger partial charge on any atom is 0.226 e. The Balaban J connectivity index is 1.57. The highest BCUT2D eigenvalue weighted by molar-refractivity contribution is 5.89. The van der Waals surface area contributed by atoms with Crippen LogP contribution in [-0.4, -0.2) is 37.0 Å². The van der Waals surface area contributed by atoms with E-state index in [1.54, 1.807) is 0 Å². The number of rotatable bonds is 2. The summed E-state index contributed by atoms with van der Waals surface area (Å²) in [5, 5.41) is 5.88. The average Bonchev–Trinajstić information content (AvgIpc) is 3.35. The third-order valence-electron chi connectivity index (χ3n) is 4.76. The van der Waals surface area contributed by atoms with Crippen molar-refractivity contribution in [2.24, 2.45) is 5.92 Å². The Kier molecular flexibility index (Phi) is 3.15. The standard InChI is InChI=1S/C18H20N2O/c21-18(20-10-8-19-9-11-20)17-12-16(17)15-7-3-5-13-4-1-2-6-14(13)15/h1-7,16-17,19H,8-12H2. The van der Waals surface area contributed by atoms with Gasteiger partial charge in [0.15, 0.2) is 0 Å². The van der Waals surface area contributed by atoms with Gasteiger partial charge >= 0.3 is 0 Å². The molecule has 1 saturated heterocycles. The van der Waals surface area contributed by atoms with Gasteiger partial charge in [-0.1, -0.05) is 42.5 Å². The minimum Gasteiger partial charge on any atom is -0.340 e. The molecule has 2 atom stereocenters. The molecule has 0 spiro atoms. The van der Waals surface area contributed by atoms with Crippen LogP contribution in [0.1, 0.15) is 17.9 Å². The molecule has 2 aromatic carbocycles. The molecule has 3 nitrogen and oxygen atoms in total. The summed E-state index contributed by atoms with van der Waals surface area (Å²) in [5.41, 5.74) is 1.35. The van der Waals surface area contributed by atoms with E-state index < -0.39 is 0 Å². The predicted octanol–water partition coefficient (Wildman–Crippen LogP) is 2.38. The van der Waals surface area contributed by atoms with Crippen LogP contribution in [0.2, 0.25) is 0 Å². The quantitative estimate of drug-likeness (QED) is 0.916. The monoisotopic (exact) mass is 280 g/mol. The molecule has 2 fully saturated rings. The summed E-state index contributed by atoms with van der Waals surface area (Å²) in [4.78, 5) is 14.6. The molecule has 2 unspecified atom stereocenters. The van der Waals surface area contributed by atoms with Gasteiger partial charge in [0.25, 0.3) is 0 Å². The van der Waals surface area contributed by atoms with Crippen molar-refractivity contribution in [2.75, 3.05) is 26.2 Å². The second kappa shape index (κ2) is 5.15. The zero-order chi connectivity index (χ0) is 14.2. The molecule has 2 aliphatic rings. The molecule has 1 aliphatic heterocycles. The molecule has 108 valence electrons.